The highest BCUT2D eigenvalue weighted by Gasteiger charge is 2.43. The number of rotatable bonds is 3. The van der Waals surface area contributed by atoms with Gasteiger partial charge in [-0.25, -0.2) is 0 Å². The lowest BCUT2D eigenvalue weighted by atomic mass is 10.0. The van der Waals surface area contributed by atoms with Crippen LogP contribution in [-0.2, 0) is 7.05 Å². The zero-order valence-electron chi connectivity index (χ0n) is 9.95. The van der Waals surface area contributed by atoms with Gasteiger partial charge in [0.2, 0.25) is 0 Å². The Morgan fingerprint density at radius 1 is 1.35 bits per heavy atom. The van der Waals surface area contributed by atoms with Crippen molar-refractivity contribution in [3.63, 3.8) is 0 Å². The summed E-state index contributed by atoms with van der Waals surface area (Å²) in [5.74, 6) is 1.20. The predicted octanol–water partition coefficient (Wildman–Crippen LogP) is 2.22. The van der Waals surface area contributed by atoms with Crippen LogP contribution in [0.15, 0.2) is 42.7 Å². The van der Waals surface area contributed by atoms with E-state index in [0.29, 0.717) is 11.8 Å². The summed E-state index contributed by atoms with van der Waals surface area (Å²) in [7, 11) is 1.93. The maximum absolute atomic E-state index is 6.29. The van der Waals surface area contributed by atoms with Gasteiger partial charge in [0.25, 0.3) is 0 Å². The molecule has 3 heteroatoms. The van der Waals surface area contributed by atoms with Crippen LogP contribution in [0.25, 0.3) is 0 Å². The van der Waals surface area contributed by atoms with Gasteiger partial charge in [-0.05, 0) is 23.8 Å². The monoisotopic (exact) mass is 227 g/mol. The normalized spacial score (nSPS) is 24.6. The van der Waals surface area contributed by atoms with Gasteiger partial charge in [0, 0.05) is 24.8 Å². The molecule has 1 aromatic carbocycles. The number of nitrogens with zero attached hydrogens (tertiary/aromatic N) is 2. The van der Waals surface area contributed by atoms with Gasteiger partial charge < -0.3 is 5.73 Å². The first-order chi connectivity index (χ1) is 8.25. The predicted molar refractivity (Wildman–Crippen MR) is 67.4 cm³/mol. The first kappa shape index (κ1) is 10.5. The summed E-state index contributed by atoms with van der Waals surface area (Å²) < 4.78 is 1.81. The molecular weight excluding hydrogens is 210 g/mol. The van der Waals surface area contributed by atoms with Crippen LogP contribution in [-0.4, -0.2) is 9.78 Å². The Bertz CT molecular complexity index is 503. The van der Waals surface area contributed by atoms with E-state index in [2.05, 4.69) is 35.4 Å². The summed E-state index contributed by atoms with van der Waals surface area (Å²) in [6.07, 6.45) is 5.09. The van der Waals surface area contributed by atoms with Gasteiger partial charge in [-0.2, -0.15) is 5.10 Å². The molecule has 1 fully saturated rings. The highest BCUT2D eigenvalue weighted by molar-refractivity contribution is 5.28. The van der Waals surface area contributed by atoms with Crippen LogP contribution in [0.3, 0.4) is 0 Å². The van der Waals surface area contributed by atoms with Crippen LogP contribution in [0.4, 0.5) is 0 Å². The number of benzene rings is 1. The quantitative estimate of drug-likeness (QED) is 0.873. The molecule has 1 heterocycles. The SMILES string of the molecule is Cn1cc(C(N)C2CC2c2ccccc2)cn1. The summed E-state index contributed by atoms with van der Waals surface area (Å²) in [4.78, 5) is 0. The molecule has 0 bridgehead atoms. The van der Waals surface area contributed by atoms with Crippen molar-refractivity contribution < 1.29 is 0 Å². The number of hydrogen-bond donors (Lipinski definition) is 1. The molecule has 88 valence electrons. The largest absolute Gasteiger partial charge is 0.324 e. The molecule has 1 aromatic heterocycles. The average Bonchev–Trinajstić information content (AvgIpc) is 3.05. The zero-order chi connectivity index (χ0) is 11.8. The van der Waals surface area contributed by atoms with Crippen molar-refractivity contribution in [3.05, 3.63) is 53.9 Å². The first-order valence-electron chi connectivity index (χ1n) is 6.05. The van der Waals surface area contributed by atoms with E-state index in [-0.39, 0.29) is 6.04 Å². The summed E-state index contributed by atoms with van der Waals surface area (Å²) in [6, 6.07) is 10.8. The van der Waals surface area contributed by atoms with Crippen molar-refractivity contribution in [2.24, 2.45) is 18.7 Å². The average molecular weight is 227 g/mol. The van der Waals surface area contributed by atoms with Gasteiger partial charge in [-0.3, -0.25) is 4.68 Å². The van der Waals surface area contributed by atoms with Crippen molar-refractivity contribution in [1.29, 1.82) is 0 Å². The molecule has 1 aliphatic carbocycles. The highest BCUT2D eigenvalue weighted by Crippen LogP contribution is 2.53. The van der Waals surface area contributed by atoms with E-state index >= 15 is 0 Å². The summed E-state index contributed by atoms with van der Waals surface area (Å²) in [5, 5.41) is 4.18. The maximum Gasteiger partial charge on any atom is 0.0537 e. The van der Waals surface area contributed by atoms with E-state index in [1.807, 2.05) is 24.1 Å². The summed E-state index contributed by atoms with van der Waals surface area (Å²) >= 11 is 0. The minimum Gasteiger partial charge on any atom is -0.324 e. The topological polar surface area (TPSA) is 43.8 Å². The van der Waals surface area contributed by atoms with Crippen LogP contribution in [0.2, 0.25) is 0 Å². The van der Waals surface area contributed by atoms with Crippen LogP contribution in [0.5, 0.6) is 0 Å². The van der Waals surface area contributed by atoms with E-state index in [1.165, 1.54) is 12.0 Å². The molecule has 3 rings (SSSR count). The summed E-state index contributed by atoms with van der Waals surface area (Å²) in [5.41, 5.74) is 8.85. The fourth-order valence-electron chi connectivity index (χ4n) is 2.55. The van der Waals surface area contributed by atoms with E-state index < -0.39 is 0 Å². The van der Waals surface area contributed by atoms with Gasteiger partial charge in [-0.15, -0.1) is 0 Å². The van der Waals surface area contributed by atoms with Gasteiger partial charge >= 0.3 is 0 Å². The fraction of sp³-hybridized carbons (Fsp3) is 0.357. The molecule has 3 nitrogen and oxygen atoms in total. The number of aromatic nitrogens is 2. The van der Waals surface area contributed by atoms with Crippen LogP contribution in [0, 0.1) is 5.92 Å². The molecule has 0 spiro atoms. The van der Waals surface area contributed by atoms with Gasteiger partial charge in [0.15, 0.2) is 0 Å². The van der Waals surface area contributed by atoms with E-state index in [9.17, 15) is 0 Å². The van der Waals surface area contributed by atoms with Gasteiger partial charge in [0.1, 0.15) is 0 Å². The molecule has 3 unspecified atom stereocenters. The second-order valence-corrected chi connectivity index (χ2v) is 4.89. The number of nitrogens with two attached hydrogens (primary N) is 1. The molecular formula is C14H17N3. The first-order valence-corrected chi connectivity index (χ1v) is 6.05. The van der Waals surface area contributed by atoms with Crippen LogP contribution < -0.4 is 5.73 Å². The fourth-order valence-corrected chi connectivity index (χ4v) is 2.55. The Morgan fingerprint density at radius 3 is 2.76 bits per heavy atom. The van der Waals surface area contributed by atoms with Gasteiger partial charge in [-0.1, -0.05) is 30.3 Å². The standard InChI is InChI=1S/C14H17N3/c1-17-9-11(8-16-17)14(15)13-7-12(13)10-5-3-2-4-6-10/h2-6,8-9,12-14H,7,15H2,1H3. The third-order valence-corrected chi connectivity index (χ3v) is 3.64. The lowest BCUT2D eigenvalue weighted by Gasteiger charge is -2.08. The molecule has 17 heavy (non-hydrogen) atoms. The maximum atomic E-state index is 6.29. The van der Waals surface area contributed by atoms with Crippen molar-refractivity contribution in [2.45, 2.75) is 18.4 Å². The van der Waals surface area contributed by atoms with Crippen molar-refractivity contribution >= 4 is 0 Å². The Morgan fingerprint density at radius 2 is 2.12 bits per heavy atom. The van der Waals surface area contributed by atoms with E-state index in [0.717, 1.165) is 5.56 Å². The minimum atomic E-state index is 0.119. The Kier molecular flexibility index (Phi) is 2.48. The van der Waals surface area contributed by atoms with Gasteiger partial charge in [0.05, 0.1) is 6.20 Å². The second-order valence-electron chi connectivity index (χ2n) is 4.89. The molecule has 0 amide bonds. The molecule has 0 aliphatic heterocycles. The van der Waals surface area contributed by atoms with E-state index in [4.69, 9.17) is 5.73 Å². The molecule has 1 aliphatic rings. The summed E-state index contributed by atoms with van der Waals surface area (Å²) in [6.45, 7) is 0. The van der Waals surface area contributed by atoms with Crippen LogP contribution in [0.1, 0.15) is 29.5 Å². The molecule has 0 radical (unpaired) electrons. The molecule has 0 saturated heterocycles. The van der Waals surface area contributed by atoms with Crippen molar-refractivity contribution in [1.82, 2.24) is 9.78 Å². The number of aryl methyl sites for hydroxylation is 1. The smallest absolute Gasteiger partial charge is 0.0537 e. The third-order valence-electron chi connectivity index (χ3n) is 3.64. The lowest BCUT2D eigenvalue weighted by molar-refractivity contribution is 0.615. The lowest BCUT2D eigenvalue weighted by Crippen LogP contribution is -2.12. The minimum absolute atomic E-state index is 0.119. The molecule has 3 atom stereocenters. The molecule has 1 saturated carbocycles. The zero-order valence-corrected chi connectivity index (χ0v) is 9.95. The Labute approximate surface area is 101 Å². The van der Waals surface area contributed by atoms with E-state index in [1.54, 1.807) is 0 Å². The third kappa shape index (κ3) is 1.98. The Hall–Kier alpha value is -1.61. The van der Waals surface area contributed by atoms with Crippen molar-refractivity contribution in [3.8, 4) is 0 Å². The molecule has 2 aromatic rings. The van der Waals surface area contributed by atoms with Crippen molar-refractivity contribution in [2.75, 3.05) is 0 Å². The molecule has 2 N–H and O–H groups in total. The number of hydrogen-bond acceptors (Lipinski definition) is 2. The highest BCUT2D eigenvalue weighted by atomic mass is 15.2. The van der Waals surface area contributed by atoms with Crippen LogP contribution >= 0.6 is 0 Å². The second kappa shape index (κ2) is 4.00. The Balaban J connectivity index is 1.73.